The van der Waals surface area contributed by atoms with Crippen LogP contribution in [0.25, 0.3) is 0 Å². The zero-order valence-electron chi connectivity index (χ0n) is 6.23. The molecule has 0 bridgehead atoms. The van der Waals surface area contributed by atoms with E-state index in [2.05, 4.69) is 4.74 Å². The molecule has 0 saturated heterocycles. The van der Waals surface area contributed by atoms with Gasteiger partial charge in [-0.1, -0.05) is 0 Å². The highest BCUT2D eigenvalue weighted by Gasteiger charge is 2.18. The summed E-state index contributed by atoms with van der Waals surface area (Å²) in [6, 6.07) is 0. The van der Waals surface area contributed by atoms with Crippen molar-refractivity contribution in [2.45, 2.75) is 18.6 Å². The molecule has 0 aromatic rings. The lowest BCUT2D eigenvalue weighted by Gasteiger charge is -2.13. The molecule has 0 aliphatic heterocycles. The van der Waals surface area contributed by atoms with E-state index in [0.29, 0.717) is 0 Å². The molecule has 0 amide bonds. The fourth-order valence-corrected chi connectivity index (χ4v) is 0.512. The average molecular weight is 164 g/mol. The molecular weight excluding hydrogens is 152 g/mol. The van der Waals surface area contributed by atoms with Gasteiger partial charge in [0.15, 0.2) is 0 Å². The van der Waals surface area contributed by atoms with Crippen LogP contribution >= 0.6 is 0 Å². The first kappa shape index (κ1) is 10.3. The second-order valence-electron chi connectivity index (χ2n) is 2.10. The van der Waals surface area contributed by atoms with E-state index in [1.165, 1.54) is 7.11 Å². The number of aliphatic hydroxyl groups excluding tert-OH is 3. The Morgan fingerprint density at radius 2 is 2.00 bits per heavy atom. The van der Waals surface area contributed by atoms with Crippen LogP contribution in [0.3, 0.4) is 0 Å². The molecule has 3 N–H and O–H groups in total. The summed E-state index contributed by atoms with van der Waals surface area (Å²) in [4.78, 5) is 10.5. The summed E-state index contributed by atoms with van der Waals surface area (Å²) in [7, 11) is 1.18. The molecule has 0 aliphatic carbocycles. The van der Waals surface area contributed by atoms with E-state index in [0.717, 1.165) is 0 Å². The number of hydrogen-bond donors (Lipinski definition) is 3. The number of carbonyl (C=O) groups excluding carboxylic acids is 1. The molecule has 0 unspecified atom stereocenters. The van der Waals surface area contributed by atoms with Gasteiger partial charge in [0.05, 0.1) is 26.2 Å². The zero-order valence-corrected chi connectivity index (χ0v) is 6.23. The minimum Gasteiger partial charge on any atom is -0.469 e. The van der Waals surface area contributed by atoms with E-state index in [9.17, 15) is 4.79 Å². The molecule has 0 fully saturated rings. The van der Waals surface area contributed by atoms with Gasteiger partial charge in [-0.2, -0.15) is 0 Å². The van der Waals surface area contributed by atoms with E-state index in [1.54, 1.807) is 0 Å². The van der Waals surface area contributed by atoms with E-state index >= 15 is 0 Å². The van der Waals surface area contributed by atoms with Crippen molar-refractivity contribution in [1.82, 2.24) is 0 Å². The van der Waals surface area contributed by atoms with Gasteiger partial charge in [0.2, 0.25) is 0 Å². The first-order chi connectivity index (χ1) is 5.11. The van der Waals surface area contributed by atoms with Crippen molar-refractivity contribution in [3.05, 3.63) is 0 Å². The molecule has 0 saturated carbocycles. The quantitative estimate of drug-likeness (QED) is 0.429. The summed E-state index contributed by atoms with van der Waals surface area (Å²) in [6.07, 6.45) is -2.85. The molecule has 5 nitrogen and oxygen atoms in total. The van der Waals surface area contributed by atoms with Crippen LogP contribution in [0.5, 0.6) is 0 Å². The van der Waals surface area contributed by atoms with Crippen molar-refractivity contribution in [2.75, 3.05) is 13.7 Å². The highest BCUT2D eigenvalue weighted by atomic mass is 16.5. The van der Waals surface area contributed by atoms with Crippen LogP contribution < -0.4 is 0 Å². The van der Waals surface area contributed by atoms with Gasteiger partial charge in [-0.05, 0) is 0 Å². The Bertz CT molecular complexity index is 124. The maximum atomic E-state index is 10.5. The highest BCUT2D eigenvalue weighted by Crippen LogP contribution is 1.99. The zero-order chi connectivity index (χ0) is 8.85. The summed E-state index contributed by atoms with van der Waals surface area (Å²) in [5.74, 6) is -0.620. The Hall–Kier alpha value is -0.650. The molecule has 0 aromatic carbocycles. The summed E-state index contributed by atoms with van der Waals surface area (Å²) in [6.45, 7) is -0.571. The van der Waals surface area contributed by atoms with Gasteiger partial charge >= 0.3 is 5.97 Å². The van der Waals surface area contributed by atoms with Crippen LogP contribution in [0.4, 0.5) is 0 Å². The van der Waals surface area contributed by atoms with Gasteiger partial charge in [0.1, 0.15) is 6.10 Å². The van der Waals surface area contributed by atoms with E-state index < -0.39 is 24.8 Å². The van der Waals surface area contributed by atoms with Crippen molar-refractivity contribution >= 4 is 5.97 Å². The molecular formula is C6H12O5. The van der Waals surface area contributed by atoms with Crippen molar-refractivity contribution in [3.63, 3.8) is 0 Å². The lowest BCUT2D eigenvalue weighted by molar-refractivity contribution is -0.145. The summed E-state index contributed by atoms with van der Waals surface area (Å²) < 4.78 is 4.22. The molecule has 0 aromatic heterocycles. The van der Waals surface area contributed by atoms with Crippen LogP contribution in [0, 0.1) is 0 Å². The maximum absolute atomic E-state index is 10.5. The van der Waals surface area contributed by atoms with Crippen LogP contribution in [0.2, 0.25) is 0 Å². The minimum absolute atomic E-state index is 0.307. The molecule has 0 radical (unpaired) electrons. The highest BCUT2D eigenvalue weighted by molar-refractivity contribution is 5.69. The Kier molecular flexibility index (Phi) is 4.76. The minimum atomic E-state index is -1.28. The van der Waals surface area contributed by atoms with Crippen LogP contribution in [0.1, 0.15) is 6.42 Å². The van der Waals surface area contributed by atoms with Gasteiger partial charge in [0, 0.05) is 0 Å². The summed E-state index contributed by atoms with van der Waals surface area (Å²) in [5, 5.41) is 26.0. The fraction of sp³-hybridized carbons (Fsp3) is 0.833. The van der Waals surface area contributed by atoms with Gasteiger partial charge in [-0.25, -0.2) is 0 Å². The van der Waals surface area contributed by atoms with Gasteiger partial charge in [0.25, 0.3) is 0 Å². The lowest BCUT2D eigenvalue weighted by atomic mass is 10.1. The molecule has 66 valence electrons. The average Bonchev–Trinajstić information content (AvgIpc) is 2.02. The van der Waals surface area contributed by atoms with Gasteiger partial charge < -0.3 is 20.1 Å². The van der Waals surface area contributed by atoms with Crippen LogP contribution in [0.15, 0.2) is 0 Å². The third-order valence-corrected chi connectivity index (χ3v) is 1.23. The van der Waals surface area contributed by atoms with E-state index in [1.807, 2.05) is 0 Å². The number of hydrogen-bond acceptors (Lipinski definition) is 5. The maximum Gasteiger partial charge on any atom is 0.308 e. The lowest BCUT2D eigenvalue weighted by Crippen LogP contribution is -2.31. The van der Waals surface area contributed by atoms with E-state index in [-0.39, 0.29) is 6.42 Å². The predicted octanol–water partition coefficient (Wildman–Crippen LogP) is -1.74. The monoisotopic (exact) mass is 164 g/mol. The number of rotatable bonds is 4. The van der Waals surface area contributed by atoms with Crippen molar-refractivity contribution in [2.24, 2.45) is 0 Å². The topological polar surface area (TPSA) is 87.0 Å². The number of carbonyl (C=O) groups is 1. The SMILES string of the molecule is COC(=O)C[C@@H](O)[C@@H](O)CO. The molecule has 0 heterocycles. The Morgan fingerprint density at radius 3 is 2.36 bits per heavy atom. The van der Waals surface area contributed by atoms with Crippen molar-refractivity contribution in [1.29, 1.82) is 0 Å². The standard InChI is InChI=1S/C6H12O5/c1-11-6(10)2-4(8)5(9)3-7/h4-5,7-9H,2-3H2,1H3/t4-,5+/m1/s1. The summed E-state index contributed by atoms with van der Waals surface area (Å²) >= 11 is 0. The fourth-order valence-electron chi connectivity index (χ4n) is 0.512. The molecule has 11 heavy (non-hydrogen) atoms. The number of aliphatic hydroxyl groups is 3. The second kappa shape index (κ2) is 5.06. The normalized spacial score (nSPS) is 15.6. The number of methoxy groups -OCH3 is 1. The van der Waals surface area contributed by atoms with E-state index in [4.69, 9.17) is 15.3 Å². The first-order valence-corrected chi connectivity index (χ1v) is 3.15. The van der Waals surface area contributed by atoms with Gasteiger partial charge in [-0.3, -0.25) is 4.79 Å². The first-order valence-electron chi connectivity index (χ1n) is 3.15. The van der Waals surface area contributed by atoms with Gasteiger partial charge in [-0.15, -0.1) is 0 Å². The molecule has 5 heteroatoms. The third kappa shape index (κ3) is 3.92. The Labute approximate surface area is 64.2 Å². The Balaban J connectivity index is 3.67. The van der Waals surface area contributed by atoms with Crippen LogP contribution in [-0.2, 0) is 9.53 Å². The summed E-state index contributed by atoms with van der Waals surface area (Å²) in [5.41, 5.74) is 0. The van der Waals surface area contributed by atoms with Crippen LogP contribution in [-0.4, -0.2) is 47.2 Å². The second-order valence-corrected chi connectivity index (χ2v) is 2.10. The smallest absolute Gasteiger partial charge is 0.308 e. The molecule has 2 atom stereocenters. The Morgan fingerprint density at radius 1 is 1.45 bits per heavy atom. The number of ether oxygens (including phenoxy) is 1. The third-order valence-electron chi connectivity index (χ3n) is 1.23. The van der Waals surface area contributed by atoms with Crippen molar-refractivity contribution < 1.29 is 24.9 Å². The molecule has 0 aliphatic rings. The molecule has 0 rings (SSSR count). The molecule has 0 spiro atoms. The largest absolute Gasteiger partial charge is 0.469 e. The van der Waals surface area contributed by atoms with Crippen molar-refractivity contribution in [3.8, 4) is 0 Å². The predicted molar refractivity (Wildman–Crippen MR) is 35.7 cm³/mol. The number of esters is 1.